The van der Waals surface area contributed by atoms with Gasteiger partial charge in [-0.05, 0) is 18.2 Å². The summed E-state index contributed by atoms with van der Waals surface area (Å²) >= 11 is 3.34. The minimum Gasteiger partial charge on any atom is -0.397 e. The van der Waals surface area contributed by atoms with Gasteiger partial charge in [-0.15, -0.1) is 0 Å². The Morgan fingerprint density at radius 1 is 1.44 bits per heavy atom. The highest BCUT2D eigenvalue weighted by atomic mass is 79.9. The quantitative estimate of drug-likeness (QED) is 0.415. The van der Waals surface area contributed by atoms with Gasteiger partial charge in [0.1, 0.15) is 0 Å². The van der Waals surface area contributed by atoms with Gasteiger partial charge in [0.15, 0.2) is 0 Å². The summed E-state index contributed by atoms with van der Waals surface area (Å²) in [5, 5.41) is 0.718. The second-order valence-electron chi connectivity index (χ2n) is 3.22. The van der Waals surface area contributed by atoms with Crippen LogP contribution >= 0.6 is 15.9 Å². The molecule has 1 heterocycles. The van der Waals surface area contributed by atoms with E-state index in [2.05, 4.69) is 20.9 Å². The number of nitrogens with zero attached hydrogens (tertiary/aromatic N) is 1. The van der Waals surface area contributed by atoms with Crippen LogP contribution in [0.3, 0.4) is 0 Å². The summed E-state index contributed by atoms with van der Waals surface area (Å²) in [5.41, 5.74) is 9.29. The van der Waals surface area contributed by atoms with Gasteiger partial charge in [0.25, 0.3) is 5.91 Å². The van der Waals surface area contributed by atoms with Crippen LogP contribution < -0.4 is 17.0 Å². The van der Waals surface area contributed by atoms with Crippen LogP contribution in [0, 0.1) is 0 Å². The first-order valence-corrected chi connectivity index (χ1v) is 5.27. The Balaban J connectivity index is 2.72. The minimum absolute atomic E-state index is 0.271. The molecule has 0 spiro atoms. The molecule has 0 saturated heterocycles. The standard InChI is InChI=1S/C10H9BrN4O/c11-5-1-2-8-6(3-5)9(12)7(4-14-8)10(16)15-13/h1-4H,13H2,(H2,12,14)(H,15,16). The van der Waals surface area contributed by atoms with Gasteiger partial charge in [-0.1, -0.05) is 15.9 Å². The SMILES string of the molecule is NNC(=O)c1cnc2ccc(Br)cc2c1N. The van der Waals surface area contributed by atoms with Crippen molar-refractivity contribution in [1.82, 2.24) is 10.4 Å². The maximum Gasteiger partial charge on any atom is 0.268 e. The number of nitrogens with two attached hydrogens (primary N) is 2. The molecular formula is C10H9BrN4O. The highest BCUT2D eigenvalue weighted by Crippen LogP contribution is 2.25. The fourth-order valence-corrected chi connectivity index (χ4v) is 1.81. The number of carbonyl (C=O) groups is 1. The molecule has 2 rings (SSSR count). The Kier molecular flexibility index (Phi) is 2.76. The summed E-state index contributed by atoms with van der Waals surface area (Å²) in [6, 6.07) is 5.49. The van der Waals surface area contributed by atoms with Gasteiger partial charge in [0.2, 0.25) is 0 Å². The Bertz CT molecular complexity index is 570. The van der Waals surface area contributed by atoms with Gasteiger partial charge in [-0.2, -0.15) is 0 Å². The van der Waals surface area contributed by atoms with Gasteiger partial charge in [0.05, 0.1) is 16.8 Å². The van der Waals surface area contributed by atoms with E-state index < -0.39 is 5.91 Å². The molecule has 82 valence electrons. The number of benzene rings is 1. The molecule has 0 aliphatic heterocycles. The number of hydrogen-bond acceptors (Lipinski definition) is 4. The molecule has 0 radical (unpaired) electrons. The van der Waals surface area contributed by atoms with Crippen LogP contribution in [0.25, 0.3) is 10.9 Å². The van der Waals surface area contributed by atoms with Crippen LogP contribution in [-0.2, 0) is 0 Å². The Morgan fingerprint density at radius 3 is 2.88 bits per heavy atom. The molecule has 0 fully saturated rings. The highest BCUT2D eigenvalue weighted by Gasteiger charge is 2.11. The first-order chi connectivity index (χ1) is 7.63. The van der Waals surface area contributed by atoms with Crippen molar-refractivity contribution >= 4 is 38.4 Å². The molecule has 1 aromatic carbocycles. The molecule has 0 saturated carbocycles. The van der Waals surface area contributed by atoms with E-state index in [1.54, 1.807) is 0 Å². The number of hydrogen-bond donors (Lipinski definition) is 3. The molecule has 2 aromatic rings. The van der Waals surface area contributed by atoms with Gasteiger partial charge < -0.3 is 5.73 Å². The van der Waals surface area contributed by atoms with Crippen LogP contribution in [0.15, 0.2) is 28.9 Å². The first kappa shape index (κ1) is 10.8. The van der Waals surface area contributed by atoms with Crippen LogP contribution in [-0.4, -0.2) is 10.9 Å². The first-order valence-electron chi connectivity index (χ1n) is 4.48. The number of pyridine rings is 1. The molecule has 0 bridgehead atoms. The zero-order valence-corrected chi connectivity index (χ0v) is 9.78. The van der Waals surface area contributed by atoms with Crippen molar-refractivity contribution in [3.05, 3.63) is 34.4 Å². The van der Waals surface area contributed by atoms with Crippen LogP contribution in [0.1, 0.15) is 10.4 Å². The molecule has 5 nitrogen and oxygen atoms in total. The van der Waals surface area contributed by atoms with Crippen molar-refractivity contribution in [2.75, 3.05) is 5.73 Å². The number of fused-ring (bicyclic) bond motifs is 1. The van der Waals surface area contributed by atoms with Crippen molar-refractivity contribution in [3.8, 4) is 0 Å². The largest absolute Gasteiger partial charge is 0.397 e. The van der Waals surface area contributed by atoms with Crippen molar-refractivity contribution in [2.45, 2.75) is 0 Å². The van der Waals surface area contributed by atoms with E-state index in [1.807, 2.05) is 23.6 Å². The molecule has 6 heteroatoms. The van der Waals surface area contributed by atoms with Crippen LogP contribution in [0.4, 0.5) is 5.69 Å². The number of nitrogens with one attached hydrogen (secondary N) is 1. The molecule has 0 atom stereocenters. The smallest absolute Gasteiger partial charge is 0.268 e. The number of aromatic nitrogens is 1. The van der Waals surface area contributed by atoms with Gasteiger partial charge in [-0.25, -0.2) is 5.84 Å². The van der Waals surface area contributed by atoms with Crippen molar-refractivity contribution < 1.29 is 4.79 Å². The molecule has 5 N–H and O–H groups in total. The summed E-state index contributed by atoms with van der Waals surface area (Å²) in [6.07, 6.45) is 1.41. The van der Waals surface area contributed by atoms with E-state index >= 15 is 0 Å². The fourth-order valence-electron chi connectivity index (χ4n) is 1.44. The Hall–Kier alpha value is -1.66. The Morgan fingerprint density at radius 2 is 2.19 bits per heavy atom. The third-order valence-electron chi connectivity index (χ3n) is 2.25. The third kappa shape index (κ3) is 1.72. The van der Waals surface area contributed by atoms with Crippen molar-refractivity contribution in [2.24, 2.45) is 5.84 Å². The summed E-state index contributed by atoms with van der Waals surface area (Å²) in [6.45, 7) is 0. The number of hydrazine groups is 1. The number of anilines is 1. The second kappa shape index (κ2) is 4.07. The molecule has 1 amide bonds. The zero-order valence-electron chi connectivity index (χ0n) is 8.20. The number of amides is 1. The Labute approximate surface area is 99.9 Å². The number of nitrogen functional groups attached to an aromatic ring is 2. The second-order valence-corrected chi connectivity index (χ2v) is 4.14. The number of rotatable bonds is 1. The van der Waals surface area contributed by atoms with E-state index in [0.29, 0.717) is 5.69 Å². The zero-order chi connectivity index (χ0) is 11.7. The molecule has 16 heavy (non-hydrogen) atoms. The topological polar surface area (TPSA) is 94.0 Å². The lowest BCUT2D eigenvalue weighted by Gasteiger charge is -2.07. The average molecular weight is 281 g/mol. The van der Waals surface area contributed by atoms with Crippen molar-refractivity contribution in [3.63, 3.8) is 0 Å². The molecule has 0 aliphatic rings. The minimum atomic E-state index is -0.452. The lowest BCUT2D eigenvalue weighted by molar-refractivity contribution is 0.0954. The van der Waals surface area contributed by atoms with E-state index in [0.717, 1.165) is 15.4 Å². The van der Waals surface area contributed by atoms with E-state index in [4.69, 9.17) is 11.6 Å². The summed E-state index contributed by atoms with van der Waals surface area (Å²) in [7, 11) is 0. The average Bonchev–Trinajstić information content (AvgIpc) is 2.29. The van der Waals surface area contributed by atoms with Crippen molar-refractivity contribution in [1.29, 1.82) is 0 Å². The fraction of sp³-hybridized carbons (Fsp3) is 0. The number of halogens is 1. The summed E-state index contributed by atoms with van der Waals surface area (Å²) in [5.74, 6) is 4.60. The van der Waals surface area contributed by atoms with Gasteiger partial charge in [-0.3, -0.25) is 15.2 Å². The van der Waals surface area contributed by atoms with E-state index in [-0.39, 0.29) is 5.56 Å². The summed E-state index contributed by atoms with van der Waals surface area (Å²) < 4.78 is 0.874. The summed E-state index contributed by atoms with van der Waals surface area (Å²) in [4.78, 5) is 15.5. The molecule has 1 aromatic heterocycles. The number of carbonyl (C=O) groups excluding carboxylic acids is 1. The highest BCUT2D eigenvalue weighted by molar-refractivity contribution is 9.10. The maximum absolute atomic E-state index is 11.4. The predicted molar refractivity (Wildman–Crippen MR) is 65.5 cm³/mol. The van der Waals surface area contributed by atoms with Gasteiger partial charge in [0, 0.05) is 16.1 Å². The molecule has 0 unspecified atom stereocenters. The lowest BCUT2D eigenvalue weighted by Crippen LogP contribution is -2.30. The van der Waals surface area contributed by atoms with E-state index in [9.17, 15) is 4.79 Å². The van der Waals surface area contributed by atoms with Gasteiger partial charge >= 0.3 is 0 Å². The molecular weight excluding hydrogens is 272 g/mol. The lowest BCUT2D eigenvalue weighted by atomic mass is 10.1. The maximum atomic E-state index is 11.4. The third-order valence-corrected chi connectivity index (χ3v) is 2.74. The van der Waals surface area contributed by atoms with E-state index in [1.165, 1.54) is 6.20 Å². The molecule has 0 aliphatic carbocycles. The van der Waals surface area contributed by atoms with Crippen LogP contribution in [0.5, 0.6) is 0 Å². The predicted octanol–water partition coefficient (Wildman–Crippen LogP) is 1.18. The van der Waals surface area contributed by atoms with Crippen LogP contribution in [0.2, 0.25) is 0 Å². The monoisotopic (exact) mass is 280 g/mol. The normalized spacial score (nSPS) is 10.4.